The van der Waals surface area contributed by atoms with Gasteiger partial charge >= 0.3 is 13.1 Å². The van der Waals surface area contributed by atoms with Gasteiger partial charge in [0.1, 0.15) is 22.3 Å². The number of hydrogen-bond donors (Lipinski definition) is 4. The van der Waals surface area contributed by atoms with Gasteiger partial charge in [-0.15, -0.1) is 10.2 Å². The Morgan fingerprint density at radius 3 is 1.37 bits per heavy atom. The van der Waals surface area contributed by atoms with E-state index in [2.05, 4.69) is 89.9 Å². The summed E-state index contributed by atoms with van der Waals surface area (Å²) in [5.41, 5.74) is 23.1. The Bertz CT molecular complexity index is 3920. The van der Waals surface area contributed by atoms with E-state index in [1.54, 1.807) is 69.2 Å². The monoisotopic (exact) mass is 1230 g/mol. The number of nitrogens with two attached hydrogens (primary N) is 2. The van der Waals surface area contributed by atoms with Crippen molar-refractivity contribution < 1.29 is 37.6 Å². The van der Waals surface area contributed by atoms with E-state index in [-0.39, 0.29) is 29.1 Å². The van der Waals surface area contributed by atoms with E-state index in [9.17, 15) is 9.59 Å². The Labute approximate surface area is 500 Å². The quantitative estimate of drug-likeness (QED) is 0.0976. The molecule has 0 radical (unpaired) electrons. The van der Waals surface area contributed by atoms with Gasteiger partial charge in [-0.2, -0.15) is 0 Å². The van der Waals surface area contributed by atoms with E-state index in [1.807, 2.05) is 120 Å². The number of carbonyl (C=O) groups excluding carboxylic acids is 1. The predicted molar refractivity (Wildman–Crippen MR) is 327 cm³/mol. The highest BCUT2D eigenvalue weighted by atomic mass is 79.9. The van der Waals surface area contributed by atoms with Crippen molar-refractivity contribution in [3.8, 4) is 56.2 Å². The summed E-state index contributed by atoms with van der Waals surface area (Å²) in [5.74, 6) is 2.54. The lowest BCUT2D eigenvalue weighted by Crippen LogP contribution is -2.41. The Hall–Kier alpha value is -9.14. The van der Waals surface area contributed by atoms with Crippen LogP contribution in [-0.4, -0.2) is 84.9 Å². The Balaban J connectivity index is 0.000000143. The van der Waals surface area contributed by atoms with Gasteiger partial charge in [-0.25, -0.2) is 19.7 Å². The largest absolute Gasteiger partial charge is 0.496 e. The van der Waals surface area contributed by atoms with E-state index < -0.39 is 5.97 Å². The molecule has 0 unspecified atom stereocenters. The molecule has 25 heteroatoms. The molecule has 3 aromatic carbocycles. The highest BCUT2D eigenvalue weighted by Crippen LogP contribution is 2.37. The summed E-state index contributed by atoms with van der Waals surface area (Å²) in [6.45, 7) is 17.6. The highest BCUT2D eigenvalue weighted by Gasteiger charge is 2.51. The molecular weight excluding hydrogens is 1170 g/mol. The molecule has 0 saturated carbocycles. The number of pyridine rings is 3. The first-order valence-corrected chi connectivity index (χ1v) is 28.1. The number of nitrogen functional groups attached to an aromatic ring is 2. The summed E-state index contributed by atoms with van der Waals surface area (Å²) in [6.07, 6.45) is 10.1. The van der Waals surface area contributed by atoms with Crippen LogP contribution in [0.3, 0.4) is 0 Å². The van der Waals surface area contributed by atoms with Gasteiger partial charge in [0, 0.05) is 74.5 Å². The van der Waals surface area contributed by atoms with Crippen LogP contribution in [0.1, 0.15) is 75.1 Å². The van der Waals surface area contributed by atoms with E-state index in [0.29, 0.717) is 39.5 Å². The van der Waals surface area contributed by atoms with Gasteiger partial charge in [-0.1, -0.05) is 82.8 Å². The maximum Gasteiger partial charge on any atom is 0.496 e. The maximum absolute atomic E-state index is 12.2. The number of nitrogens with one attached hydrogen (secondary N) is 1. The van der Waals surface area contributed by atoms with Gasteiger partial charge in [-0.3, -0.25) is 4.79 Å². The molecule has 8 aromatic heterocycles. The third-order valence-electron chi connectivity index (χ3n) is 13.3. The van der Waals surface area contributed by atoms with Crippen LogP contribution in [0.2, 0.25) is 0 Å². The lowest BCUT2D eigenvalue weighted by Gasteiger charge is -2.32. The normalized spacial score (nSPS) is 12.7. The molecular formula is C59H57BBrN13O8S2. The fourth-order valence-electron chi connectivity index (χ4n) is 7.78. The molecule has 0 bridgehead atoms. The van der Waals surface area contributed by atoms with Crippen molar-refractivity contribution >= 4 is 80.9 Å². The van der Waals surface area contributed by atoms with Crippen LogP contribution in [0, 0.1) is 34.6 Å². The van der Waals surface area contributed by atoms with Crippen molar-refractivity contribution in [3.63, 3.8) is 0 Å². The van der Waals surface area contributed by atoms with Gasteiger partial charge in [-0.05, 0) is 162 Å². The zero-order valence-corrected chi connectivity index (χ0v) is 50.3. The molecule has 0 spiro atoms. The maximum atomic E-state index is 12.2. The first-order valence-electron chi connectivity index (χ1n) is 25.7. The summed E-state index contributed by atoms with van der Waals surface area (Å²) in [6, 6.07) is 34.9. The van der Waals surface area contributed by atoms with E-state index >= 15 is 0 Å². The fraction of sp³-hybridized carbons (Fsp3) is 0.186. The third-order valence-corrected chi connectivity index (χ3v) is 15.8. The molecule has 1 aliphatic rings. The summed E-state index contributed by atoms with van der Waals surface area (Å²) >= 11 is 5.43. The topological polar surface area (TPSA) is 305 Å². The molecule has 1 aliphatic heterocycles. The minimum Gasteiger partial charge on any atom is -0.477 e. The standard InChI is InChI=1S/C19H15N5O2S.C15H13N3O.C11H17BN2O2.C10H8BrNO.C4H4N2O2S/c1-11-3-4-13(16-7-8-21-26-16)9-15(11)14-5-6-17(20-10-14)22-19(25)18-12(2)23-24-27-18;1-10-2-3-11(14-6-7-18-19-14)8-13(10)12-4-5-15(16)17-9-12;1-10(2)11(3,4)16-12(15-10)8-5-6-9(13)14-7-8;1-7-2-3-8(6-9(7)11)10-4-5-12-13-10;1-2-3(4(7)8)9-6-5-2/h3-10H,1-2H3,(H,20,22,25);2-9H,1H3,(H2,16,17);5-7H,1-4H3,(H2,13,14);2-6H,1H3;1H3,(H,7,8). The Kier molecular flexibility index (Phi) is 19.8. The second-order valence-corrected chi connectivity index (χ2v) is 22.2. The van der Waals surface area contributed by atoms with Crippen LogP contribution in [0.4, 0.5) is 17.5 Å². The van der Waals surface area contributed by atoms with E-state index in [4.69, 9.17) is 39.5 Å². The van der Waals surface area contributed by atoms with Crippen LogP contribution >= 0.6 is 39.0 Å². The van der Waals surface area contributed by atoms with Crippen LogP contribution in [0.25, 0.3) is 56.2 Å². The average Bonchev–Trinajstić information content (AvgIpc) is 4.56. The van der Waals surface area contributed by atoms with Crippen LogP contribution in [0.5, 0.6) is 0 Å². The third kappa shape index (κ3) is 15.5. The number of carboxylic acids is 1. The first kappa shape index (κ1) is 60.9. The van der Waals surface area contributed by atoms with E-state index in [0.717, 1.165) is 89.0 Å². The molecule has 11 aromatic rings. The number of rotatable bonds is 9. The zero-order valence-electron chi connectivity index (χ0n) is 47.1. The second kappa shape index (κ2) is 27.3. The van der Waals surface area contributed by atoms with Crippen molar-refractivity contribution in [2.45, 2.75) is 73.5 Å². The number of hydrogen-bond acceptors (Lipinski definition) is 21. The predicted octanol–water partition coefficient (Wildman–Crippen LogP) is 12.3. The zero-order chi connectivity index (χ0) is 60.1. The average molecular weight is 1230 g/mol. The van der Waals surface area contributed by atoms with Gasteiger partial charge in [0.25, 0.3) is 5.91 Å². The first-order chi connectivity index (χ1) is 40.2. The lowest BCUT2D eigenvalue weighted by molar-refractivity contribution is 0.00578. The lowest BCUT2D eigenvalue weighted by atomic mass is 9.80. The summed E-state index contributed by atoms with van der Waals surface area (Å²) in [5, 5.41) is 29.7. The number of benzene rings is 3. The minimum absolute atomic E-state index is 0.218. The van der Waals surface area contributed by atoms with Gasteiger partial charge in [0.15, 0.2) is 22.2 Å². The summed E-state index contributed by atoms with van der Waals surface area (Å²) in [7, 11) is -0.363. The molecule has 1 saturated heterocycles. The van der Waals surface area contributed by atoms with Gasteiger partial charge in [0.05, 0.1) is 41.2 Å². The van der Waals surface area contributed by atoms with Crippen molar-refractivity contribution in [1.29, 1.82) is 0 Å². The van der Waals surface area contributed by atoms with Crippen molar-refractivity contribution in [2.24, 2.45) is 0 Å². The van der Waals surface area contributed by atoms with Crippen LogP contribution in [-0.2, 0) is 9.31 Å². The number of anilines is 3. The number of carboxylic acid groups (broad SMARTS) is 1. The Morgan fingerprint density at radius 1 is 0.548 bits per heavy atom. The van der Waals surface area contributed by atoms with Crippen molar-refractivity contribution in [3.05, 3.63) is 189 Å². The minimum atomic E-state index is -0.956. The SMILES string of the molecule is CC1(C)OB(c2ccc(N)nc2)OC1(C)C.Cc1ccc(-c2ccno2)cc1-c1ccc(N)nc1.Cc1ccc(-c2ccno2)cc1-c1ccc(NC(=O)c2snnc2C)nc1.Cc1ccc(-c2ccno2)cc1Br.Cc1nnsc1C(=O)O. The number of amides is 1. The number of aromatic nitrogens is 10. The summed E-state index contributed by atoms with van der Waals surface area (Å²) in [4.78, 5) is 35.7. The van der Waals surface area contributed by atoms with Crippen LogP contribution in [0.15, 0.2) is 164 Å². The van der Waals surface area contributed by atoms with Gasteiger partial charge in [0.2, 0.25) is 0 Å². The molecule has 84 heavy (non-hydrogen) atoms. The number of aromatic carboxylic acids is 1. The molecule has 1 amide bonds. The molecule has 0 aliphatic carbocycles. The molecule has 428 valence electrons. The smallest absolute Gasteiger partial charge is 0.477 e. The van der Waals surface area contributed by atoms with E-state index in [1.165, 1.54) is 11.1 Å². The number of nitrogens with zero attached hydrogens (tertiary/aromatic N) is 10. The number of aryl methyl sites for hydroxylation is 5. The molecule has 6 N–H and O–H groups in total. The molecule has 21 nitrogen and oxygen atoms in total. The number of halogens is 1. The van der Waals surface area contributed by atoms with Crippen molar-refractivity contribution in [1.82, 2.24) is 49.6 Å². The highest BCUT2D eigenvalue weighted by molar-refractivity contribution is 9.10. The molecule has 12 rings (SSSR count). The van der Waals surface area contributed by atoms with Gasteiger partial charge < -0.3 is 44.8 Å². The molecule has 9 heterocycles. The second-order valence-electron chi connectivity index (χ2n) is 19.8. The van der Waals surface area contributed by atoms with Crippen molar-refractivity contribution in [2.75, 3.05) is 16.8 Å². The Morgan fingerprint density at radius 2 is 0.988 bits per heavy atom. The summed E-state index contributed by atoms with van der Waals surface area (Å²) < 4.78 is 35.6. The fourth-order valence-corrected chi connectivity index (χ4v) is 9.21. The molecule has 0 atom stereocenters. The number of carbonyl (C=O) groups is 2. The van der Waals surface area contributed by atoms with Crippen LogP contribution < -0.4 is 22.2 Å². The molecule has 1 fully saturated rings.